The number of ether oxygens (including phenoxy) is 1. The maximum absolute atomic E-state index is 13.2. The van der Waals surface area contributed by atoms with Gasteiger partial charge in [-0.2, -0.15) is 0 Å². The molecule has 0 aliphatic carbocycles. The summed E-state index contributed by atoms with van der Waals surface area (Å²) in [5.41, 5.74) is 2.45. The molecule has 1 saturated heterocycles. The summed E-state index contributed by atoms with van der Waals surface area (Å²) in [4.78, 5) is 28.1. The van der Waals surface area contributed by atoms with Crippen LogP contribution in [0, 0.1) is 5.82 Å². The zero-order valence-corrected chi connectivity index (χ0v) is 17.5. The second kappa shape index (κ2) is 8.77. The van der Waals surface area contributed by atoms with E-state index in [1.54, 1.807) is 36.0 Å². The molecule has 1 fully saturated rings. The van der Waals surface area contributed by atoms with Crippen molar-refractivity contribution in [3.8, 4) is 0 Å². The number of halogens is 1. The fourth-order valence-electron chi connectivity index (χ4n) is 3.62. The molecule has 162 valence electrons. The van der Waals surface area contributed by atoms with E-state index in [1.807, 2.05) is 35.0 Å². The van der Waals surface area contributed by atoms with Gasteiger partial charge in [-0.1, -0.05) is 12.1 Å². The Kier molecular flexibility index (Phi) is 5.90. The highest BCUT2D eigenvalue weighted by molar-refractivity contribution is 5.93. The first-order valence-corrected chi connectivity index (χ1v) is 10.1. The van der Waals surface area contributed by atoms with Crippen LogP contribution in [0.4, 0.5) is 14.9 Å². The number of rotatable bonds is 4. The molecule has 31 heavy (non-hydrogen) atoms. The summed E-state index contributed by atoms with van der Waals surface area (Å²) in [6.07, 6.45) is 1.58. The van der Waals surface area contributed by atoms with Gasteiger partial charge in [0.2, 0.25) is 5.91 Å². The first-order chi connectivity index (χ1) is 14.9. The van der Waals surface area contributed by atoms with E-state index in [4.69, 9.17) is 4.74 Å². The van der Waals surface area contributed by atoms with Crippen LogP contribution in [0.2, 0.25) is 0 Å². The summed E-state index contributed by atoms with van der Waals surface area (Å²) >= 11 is 0. The number of fused-ring (bicyclic) bond motifs is 1. The zero-order valence-electron chi connectivity index (χ0n) is 17.5. The van der Waals surface area contributed by atoms with Crippen molar-refractivity contribution in [2.24, 2.45) is 0 Å². The van der Waals surface area contributed by atoms with Crippen molar-refractivity contribution in [2.45, 2.75) is 12.6 Å². The monoisotopic (exact) mass is 424 g/mol. The third kappa shape index (κ3) is 4.69. The SMILES string of the molecule is CN(C)C(=O)Cn1ccc2cc(NC(=O)N3CCOC(c4ccc(F)cc4)C3)ccc21. The number of hydrogen-bond donors (Lipinski definition) is 1. The lowest BCUT2D eigenvalue weighted by Crippen LogP contribution is -2.44. The lowest BCUT2D eigenvalue weighted by molar-refractivity contribution is -0.129. The summed E-state index contributed by atoms with van der Waals surface area (Å²) < 4.78 is 20.8. The second-order valence-electron chi connectivity index (χ2n) is 7.79. The summed E-state index contributed by atoms with van der Waals surface area (Å²) in [5, 5.41) is 3.88. The highest BCUT2D eigenvalue weighted by Crippen LogP contribution is 2.24. The van der Waals surface area contributed by atoms with Gasteiger partial charge in [-0.25, -0.2) is 9.18 Å². The van der Waals surface area contributed by atoms with Gasteiger partial charge in [0.1, 0.15) is 18.5 Å². The number of amides is 3. The van der Waals surface area contributed by atoms with Gasteiger partial charge in [0.15, 0.2) is 0 Å². The molecule has 0 saturated carbocycles. The molecule has 2 heterocycles. The van der Waals surface area contributed by atoms with Gasteiger partial charge < -0.3 is 24.4 Å². The van der Waals surface area contributed by atoms with Crippen molar-refractivity contribution in [3.63, 3.8) is 0 Å². The number of aromatic nitrogens is 1. The molecule has 2 aromatic carbocycles. The van der Waals surface area contributed by atoms with Gasteiger partial charge in [-0.05, 0) is 42.0 Å². The van der Waals surface area contributed by atoms with Crippen molar-refractivity contribution < 1.29 is 18.7 Å². The summed E-state index contributed by atoms with van der Waals surface area (Å²) in [6.45, 7) is 1.55. The predicted octanol–water partition coefficient (Wildman–Crippen LogP) is 3.47. The fraction of sp³-hybridized carbons (Fsp3) is 0.304. The van der Waals surface area contributed by atoms with E-state index in [9.17, 15) is 14.0 Å². The second-order valence-corrected chi connectivity index (χ2v) is 7.79. The smallest absolute Gasteiger partial charge is 0.322 e. The Balaban J connectivity index is 1.43. The number of nitrogens with zero attached hydrogens (tertiary/aromatic N) is 3. The standard InChI is InChI=1S/C23H25FN4O3/c1-26(2)22(29)15-27-10-9-17-13-19(7-8-20(17)27)25-23(30)28-11-12-31-21(14-28)16-3-5-18(24)6-4-16/h3-10,13,21H,11-12,14-15H2,1-2H3,(H,25,30). The number of nitrogens with one attached hydrogen (secondary N) is 1. The number of urea groups is 1. The Hall–Kier alpha value is -3.39. The van der Waals surface area contributed by atoms with Crippen molar-refractivity contribution in [1.82, 2.24) is 14.4 Å². The predicted molar refractivity (Wildman–Crippen MR) is 116 cm³/mol. The van der Waals surface area contributed by atoms with Crippen LogP contribution >= 0.6 is 0 Å². The quantitative estimate of drug-likeness (QED) is 0.697. The van der Waals surface area contributed by atoms with E-state index in [0.717, 1.165) is 16.5 Å². The minimum absolute atomic E-state index is 0.0119. The minimum atomic E-state index is -0.301. The van der Waals surface area contributed by atoms with E-state index < -0.39 is 0 Å². The normalized spacial score (nSPS) is 16.4. The molecule has 7 nitrogen and oxygen atoms in total. The molecule has 1 aliphatic rings. The third-order valence-electron chi connectivity index (χ3n) is 5.42. The van der Waals surface area contributed by atoms with Gasteiger partial charge in [0.05, 0.1) is 13.2 Å². The molecule has 1 N–H and O–H groups in total. The molecule has 1 unspecified atom stereocenters. The molecule has 3 amide bonds. The van der Waals surface area contributed by atoms with Gasteiger partial charge in [-0.3, -0.25) is 4.79 Å². The van der Waals surface area contributed by atoms with E-state index in [-0.39, 0.29) is 30.4 Å². The van der Waals surface area contributed by atoms with Gasteiger partial charge in [0.25, 0.3) is 0 Å². The molecule has 0 bridgehead atoms. The van der Waals surface area contributed by atoms with Crippen LogP contribution in [0.15, 0.2) is 54.7 Å². The fourth-order valence-corrected chi connectivity index (χ4v) is 3.62. The molecular weight excluding hydrogens is 399 g/mol. The number of morpholine rings is 1. The Morgan fingerprint density at radius 2 is 1.94 bits per heavy atom. The van der Waals surface area contributed by atoms with Crippen molar-refractivity contribution in [3.05, 3.63) is 66.1 Å². The highest BCUT2D eigenvalue weighted by atomic mass is 19.1. The Morgan fingerprint density at radius 1 is 1.16 bits per heavy atom. The Bertz CT molecular complexity index is 1090. The molecule has 0 spiro atoms. The van der Waals surface area contributed by atoms with Crippen LogP contribution in [-0.2, 0) is 16.1 Å². The van der Waals surface area contributed by atoms with Crippen LogP contribution in [0.5, 0.6) is 0 Å². The Morgan fingerprint density at radius 3 is 2.68 bits per heavy atom. The molecule has 0 radical (unpaired) electrons. The number of carbonyl (C=O) groups is 2. The molecule has 8 heteroatoms. The van der Waals surface area contributed by atoms with E-state index in [0.29, 0.717) is 25.4 Å². The van der Waals surface area contributed by atoms with E-state index in [2.05, 4.69) is 5.32 Å². The number of benzene rings is 2. The van der Waals surface area contributed by atoms with E-state index >= 15 is 0 Å². The number of hydrogen-bond acceptors (Lipinski definition) is 3. The lowest BCUT2D eigenvalue weighted by atomic mass is 10.1. The first-order valence-electron chi connectivity index (χ1n) is 10.1. The van der Waals surface area contributed by atoms with Crippen LogP contribution in [-0.4, -0.2) is 60.1 Å². The van der Waals surface area contributed by atoms with Crippen molar-refractivity contribution in [2.75, 3.05) is 39.1 Å². The summed E-state index contributed by atoms with van der Waals surface area (Å²) in [7, 11) is 3.46. The van der Waals surface area contributed by atoms with Crippen LogP contribution in [0.3, 0.4) is 0 Å². The van der Waals surface area contributed by atoms with Crippen molar-refractivity contribution >= 4 is 28.5 Å². The van der Waals surface area contributed by atoms with Crippen LogP contribution in [0.25, 0.3) is 10.9 Å². The zero-order chi connectivity index (χ0) is 22.0. The topological polar surface area (TPSA) is 66.8 Å². The molecular formula is C23H25FN4O3. The number of likely N-dealkylation sites (N-methyl/N-ethyl adjacent to an activating group) is 1. The molecule has 1 aliphatic heterocycles. The molecule has 4 rings (SSSR count). The van der Waals surface area contributed by atoms with Crippen molar-refractivity contribution in [1.29, 1.82) is 0 Å². The third-order valence-corrected chi connectivity index (χ3v) is 5.42. The maximum atomic E-state index is 13.2. The van der Waals surface area contributed by atoms with Crippen LogP contribution < -0.4 is 5.32 Å². The van der Waals surface area contributed by atoms with Gasteiger partial charge in [-0.15, -0.1) is 0 Å². The summed E-state index contributed by atoms with van der Waals surface area (Å²) in [6, 6.07) is 13.5. The molecule has 3 aromatic rings. The average Bonchev–Trinajstić information content (AvgIpc) is 3.16. The van der Waals surface area contributed by atoms with E-state index in [1.165, 1.54) is 12.1 Å². The number of carbonyl (C=O) groups excluding carboxylic acids is 2. The first kappa shape index (κ1) is 20.9. The molecule has 1 atom stereocenters. The largest absolute Gasteiger partial charge is 0.370 e. The minimum Gasteiger partial charge on any atom is -0.370 e. The lowest BCUT2D eigenvalue weighted by Gasteiger charge is -2.33. The highest BCUT2D eigenvalue weighted by Gasteiger charge is 2.25. The summed E-state index contributed by atoms with van der Waals surface area (Å²) in [5.74, 6) is -0.289. The maximum Gasteiger partial charge on any atom is 0.322 e. The number of anilines is 1. The average molecular weight is 424 g/mol. The molecule has 1 aromatic heterocycles. The van der Waals surface area contributed by atoms with Gasteiger partial charge >= 0.3 is 6.03 Å². The van der Waals surface area contributed by atoms with Gasteiger partial charge in [0, 0.05) is 43.4 Å². The Labute approximate surface area is 180 Å². The van der Waals surface area contributed by atoms with Crippen LogP contribution in [0.1, 0.15) is 11.7 Å².